The minimum atomic E-state index is -2.92. The fourth-order valence-corrected chi connectivity index (χ4v) is 2.71. The lowest BCUT2D eigenvalue weighted by Gasteiger charge is -2.11. The Bertz CT molecular complexity index is 499. The lowest BCUT2D eigenvalue weighted by atomic mass is 10.2. The Morgan fingerprint density at radius 3 is 2.58 bits per heavy atom. The van der Waals surface area contributed by atoms with Gasteiger partial charge in [-0.3, -0.25) is 0 Å². The van der Waals surface area contributed by atoms with Crippen molar-refractivity contribution in [2.45, 2.75) is 18.7 Å². The maximum atomic E-state index is 11.3. The summed E-state index contributed by atoms with van der Waals surface area (Å²) in [4.78, 5) is 0. The summed E-state index contributed by atoms with van der Waals surface area (Å²) in [5, 5.41) is 0.748. The fourth-order valence-electron chi connectivity index (χ4n) is 1.52. The van der Waals surface area contributed by atoms with Gasteiger partial charge in [-0.05, 0) is 24.1 Å². The number of halogens is 1. The highest BCUT2D eigenvalue weighted by molar-refractivity contribution is 9.08. The van der Waals surface area contributed by atoms with Crippen molar-refractivity contribution in [3.8, 4) is 11.5 Å². The first-order valence-corrected chi connectivity index (χ1v) is 9.02. The molecule has 0 N–H and O–H groups in total. The summed E-state index contributed by atoms with van der Waals surface area (Å²) in [6.07, 6.45) is 0.486. The molecule has 1 rings (SSSR count). The molecule has 0 aliphatic rings. The van der Waals surface area contributed by atoms with Crippen LogP contribution < -0.4 is 9.47 Å². The number of hydrogen-bond donors (Lipinski definition) is 0. The maximum absolute atomic E-state index is 11.3. The summed E-state index contributed by atoms with van der Waals surface area (Å²) in [5.74, 6) is 1.64. The van der Waals surface area contributed by atoms with Gasteiger partial charge in [-0.25, -0.2) is 8.42 Å². The third kappa shape index (κ3) is 5.40. The Balaban J connectivity index is 2.54. The van der Waals surface area contributed by atoms with Crippen LogP contribution in [0, 0.1) is 0 Å². The van der Waals surface area contributed by atoms with E-state index in [1.807, 2.05) is 18.2 Å². The van der Waals surface area contributed by atoms with Crippen molar-refractivity contribution >= 4 is 25.8 Å². The second-order valence-electron chi connectivity index (χ2n) is 4.06. The van der Waals surface area contributed by atoms with Crippen molar-refractivity contribution in [3.05, 3.63) is 23.8 Å². The Kier molecular flexibility index (Phi) is 6.65. The standard InChI is InChI=1S/C13H19BrO4S/c1-3-19(15,16)8-4-7-18-12-6-5-11(10-14)9-13(12)17-2/h5-6,9H,3-4,7-8,10H2,1-2H3. The molecule has 0 heterocycles. The number of methoxy groups -OCH3 is 1. The molecule has 1 aromatic rings. The number of alkyl halides is 1. The van der Waals surface area contributed by atoms with Crippen molar-refractivity contribution in [3.63, 3.8) is 0 Å². The fraction of sp³-hybridized carbons (Fsp3) is 0.538. The zero-order valence-electron chi connectivity index (χ0n) is 11.2. The number of ether oxygens (including phenoxy) is 2. The van der Waals surface area contributed by atoms with E-state index in [2.05, 4.69) is 15.9 Å². The van der Waals surface area contributed by atoms with E-state index >= 15 is 0 Å². The van der Waals surface area contributed by atoms with E-state index in [1.165, 1.54) is 0 Å². The molecule has 0 aliphatic carbocycles. The maximum Gasteiger partial charge on any atom is 0.161 e. The monoisotopic (exact) mass is 350 g/mol. The minimum absolute atomic E-state index is 0.158. The van der Waals surface area contributed by atoms with E-state index in [1.54, 1.807) is 14.0 Å². The molecule has 0 spiro atoms. The third-order valence-corrected chi connectivity index (χ3v) is 5.12. The van der Waals surface area contributed by atoms with Gasteiger partial charge in [-0.15, -0.1) is 0 Å². The van der Waals surface area contributed by atoms with Gasteiger partial charge in [0.25, 0.3) is 0 Å². The number of benzene rings is 1. The van der Waals surface area contributed by atoms with Gasteiger partial charge in [-0.1, -0.05) is 28.9 Å². The van der Waals surface area contributed by atoms with Crippen LogP contribution in [0.4, 0.5) is 0 Å². The predicted molar refractivity (Wildman–Crippen MR) is 80.1 cm³/mol. The highest BCUT2D eigenvalue weighted by Crippen LogP contribution is 2.28. The lowest BCUT2D eigenvalue weighted by Crippen LogP contribution is -2.12. The van der Waals surface area contributed by atoms with Gasteiger partial charge in [0.1, 0.15) is 9.84 Å². The van der Waals surface area contributed by atoms with Gasteiger partial charge < -0.3 is 9.47 Å². The highest BCUT2D eigenvalue weighted by atomic mass is 79.9. The molecular formula is C13H19BrO4S. The average Bonchev–Trinajstić information content (AvgIpc) is 2.43. The first-order chi connectivity index (χ1) is 9.02. The van der Waals surface area contributed by atoms with Crippen molar-refractivity contribution < 1.29 is 17.9 Å². The van der Waals surface area contributed by atoms with Crippen molar-refractivity contribution in [1.82, 2.24) is 0 Å². The Morgan fingerprint density at radius 1 is 1.26 bits per heavy atom. The molecular weight excluding hydrogens is 332 g/mol. The van der Waals surface area contributed by atoms with Crippen molar-refractivity contribution in [1.29, 1.82) is 0 Å². The van der Waals surface area contributed by atoms with E-state index in [0.29, 0.717) is 24.5 Å². The van der Waals surface area contributed by atoms with Crippen LogP contribution in [0.2, 0.25) is 0 Å². The second kappa shape index (κ2) is 7.75. The van der Waals surface area contributed by atoms with Crippen LogP contribution in [0.3, 0.4) is 0 Å². The first-order valence-electron chi connectivity index (χ1n) is 6.08. The minimum Gasteiger partial charge on any atom is -0.493 e. The first kappa shape index (κ1) is 16.3. The molecule has 4 nitrogen and oxygen atoms in total. The number of sulfone groups is 1. The highest BCUT2D eigenvalue weighted by Gasteiger charge is 2.08. The van der Waals surface area contributed by atoms with E-state index in [0.717, 1.165) is 10.9 Å². The third-order valence-electron chi connectivity index (χ3n) is 2.68. The van der Waals surface area contributed by atoms with Gasteiger partial charge in [-0.2, -0.15) is 0 Å². The van der Waals surface area contributed by atoms with Gasteiger partial charge in [0.15, 0.2) is 11.5 Å². The normalized spacial score (nSPS) is 11.3. The van der Waals surface area contributed by atoms with Crippen molar-refractivity contribution in [2.24, 2.45) is 0 Å². The smallest absolute Gasteiger partial charge is 0.161 e. The summed E-state index contributed by atoms with van der Waals surface area (Å²) in [6.45, 7) is 2.02. The van der Waals surface area contributed by atoms with Crippen LogP contribution in [0.25, 0.3) is 0 Å². The summed E-state index contributed by atoms with van der Waals surface area (Å²) in [6, 6.07) is 5.67. The quantitative estimate of drug-likeness (QED) is 0.534. The molecule has 108 valence electrons. The van der Waals surface area contributed by atoms with E-state index in [4.69, 9.17) is 9.47 Å². The predicted octanol–water partition coefficient (Wildman–Crippen LogP) is 2.79. The summed E-state index contributed by atoms with van der Waals surface area (Å²) < 4.78 is 33.5. The van der Waals surface area contributed by atoms with Crippen LogP contribution in [-0.2, 0) is 15.2 Å². The van der Waals surface area contributed by atoms with E-state index in [9.17, 15) is 8.42 Å². The number of hydrogen-bond acceptors (Lipinski definition) is 4. The summed E-state index contributed by atoms with van der Waals surface area (Å²) >= 11 is 3.38. The van der Waals surface area contributed by atoms with Crippen LogP contribution in [-0.4, -0.2) is 33.6 Å². The molecule has 0 aliphatic heterocycles. The topological polar surface area (TPSA) is 52.6 Å². The van der Waals surface area contributed by atoms with E-state index in [-0.39, 0.29) is 11.5 Å². The van der Waals surface area contributed by atoms with Crippen LogP contribution in [0.5, 0.6) is 11.5 Å². The molecule has 0 radical (unpaired) electrons. The summed E-state index contributed by atoms with van der Waals surface area (Å²) in [7, 11) is -1.33. The van der Waals surface area contributed by atoms with Crippen molar-refractivity contribution in [2.75, 3.05) is 25.2 Å². The zero-order chi connectivity index (χ0) is 14.3. The molecule has 6 heteroatoms. The van der Waals surface area contributed by atoms with Crippen LogP contribution in [0.15, 0.2) is 18.2 Å². The van der Waals surface area contributed by atoms with Gasteiger partial charge >= 0.3 is 0 Å². The second-order valence-corrected chi connectivity index (χ2v) is 7.09. The lowest BCUT2D eigenvalue weighted by molar-refractivity contribution is 0.294. The van der Waals surface area contributed by atoms with Crippen LogP contribution >= 0.6 is 15.9 Å². The molecule has 0 aromatic heterocycles. The van der Waals surface area contributed by atoms with Crippen LogP contribution in [0.1, 0.15) is 18.9 Å². The summed E-state index contributed by atoms with van der Waals surface area (Å²) in [5.41, 5.74) is 1.10. The number of rotatable bonds is 8. The molecule has 0 atom stereocenters. The molecule has 0 fully saturated rings. The molecule has 0 saturated heterocycles. The Labute approximate surface area is 123 Å². The largest absolute Gasteiger partial charge is 0.493 e. The molecule has 0 bridgehead atoms. The molecule has 19 heavy (non-hydrogen) atoms. The Hall–Kier alpha value is -0.750. The van der Waals surface area contributed by atoms with Gasteiger partial charge in [0, 0.05) is 11.1 Å². The molecule has 0 unspecified atom stereocenters. The van der Waals surface area contributed by atoms with E-state index < -0.39 is 9.84 Å². The molecule has 0 amide bonds. The Morgan fingerprint density at radius 2 is 2.00 bits per heavy atom. The van der Waals surface area contributed by atoms with Gasteiger partial charge in [0.2, 0.25) is 0 Å². The SMILES string of the molecule is CCS(=O)(=O)CCCOc1ccc(CBr)cc1OC. The molecule has 0 saturated carbocycles. The average molecular weight is 351 g/mol. The van der Waals surface area contributed by atoms with Gasteiger partial charge in [0.05, 0.1) is 19.5 Å². The zero-order valence-corrected chi connectivity index (χ0v) is 13.6. The molecule has 1 aromatic carbocycles.